The lowest BCUT2D eigenvalue weighted by Crippen LogP contribution is -2.62. The van der Waals surface area contributed by atoms with Crippen molar-refractivity contribution in [2.45, 2.75) is 44.0 Å². The molecule has 3 nitrogen and oxygen atoms in total. The summed E-state index contributed by atoms with van der Waals surface area (Å²) < 4.78 is 6.36. The lowest BCUT2D eigenvalue weighted by Gasteiger charge is -2.60. The number of ether oxygens (including phenoxy) is 1. The Hall–Kier alpha value is -0.900. The summed E-state index contributed by atoms with van der Waals surface area (Å²) in [5.74, 6) is 2.49. The zero-order valence-corrected chi connectivity index (χ0v) is 12.2. The van der Waals surface area contributed by atoms with E-state index < -0.39 is 5.79 Å². The van der Waals surface area contributed by atoms with Crippen molar-refractivity contribution in [3.8, 4) is 0 Å². The van der Waals surface area contributed by atoms with Crippen molar-refractivity contribution in [3.05, 3.63) is 35.9 Å². The molecule has 21 heavy (non-hydrogen) atoms. The second-order valence-electron chi connectivity index (χ2n) is 7.42. The van der Waals surface area contributed by atoms with E-state index in [2.05, 4.69) is 12.1 Å². The molecule has 1 aromatic rings. The van der Waals surface area contributed by atoms with Crippen molar-refractivity contribution < 1.29 is 14.5 Å². The highest BCUT2D eigenvalue weighted by Crippen LogP contribution is 2.61. The normalized spacial score (nSPS) is 47.9. The van der Waals surface area contributed by atoms with E-state index in [9.17, 15) is 0 Å². The van der Waals surface area contributed by atoms with Gasteiger partial charge < -0.3 is 4.74 Å². The fourth-order valence-electron chi connectivity index (χ4n) is 5.42. The predicted octanol–water partition coefficient (Wildman–Crippen LogP) is 3.86. The first kappa shape index (κ1) is 12.6. The Morgan fingerprint density at radius 1 is 0.857 bits per heavy atom. The van der Waals surface area contributed by atoms with Gasteiger partial charge in [-0.15, -0.1) is 0 Å². The molecule has 1 saturated heterocycles. The van der Waals surface area contributed by atoms with Gasteiger partial charge in [0.25, 0.3) is 0 Å². The van der Waals surface area contributed by atoms with Crippen LogP contribution in [0.1, 0.15) is 43.8 Å². The van der Waals surface area contributed by atoms with Gasteiger partial charge in [0.2, 0.25) is 5.79 Å². The highest BCUT2D eigenvalue weighted by Gasteiger charge is 2.61. The number of benzene rings is 1. The van der Waals surface area contributed by atoms with Crippen LogP contribution in [-0.4, -0.2) is 12.4 Å². The van der Waals surface area contributed by atoms with Crippen LogP contribution in [0.3, 0.4) is 0 Å². The molecule has 5 fully saturated rings. The van der Waals surface area contributed by atoms with Gasteiger partial charge in [-0.2, -0.15) is 4.89 Å². The Morgan fingerprint density at radius 3 is 2.10 bits per heavy atom. The first-order valence-corrected chi connectivity index (χ1v) is 8.37. The maximum absolute atomic E-state index is 6.36. The van der Waals surface area contributed by atoms with Crippen LogP contribution in [-0.2, 0) is 14.5 Å². The third-order valence-electron chi connectivity index (χ3n) is 6.20. The van der Waals surface area contributed by atoms with Gasteiger partial charge in [-0.1, -0.05) is 30.3 Å². The summed E-state index contributed by atoms with van der Waals surface area (Å²) in [7, 11) is 0. The van der Waals surface area contributed by atoms with E-state index >= 15 is 0 Å². The molecule has 112 valence electrons. The first-order valence-electron chi connectivity index (χ1n) is 8.37. The van der Waals surface area contributed by atoms with Crippen LogP contribution in [0.5, 0.6) is 0 Å². The molecule has 0 unspecified atom stereocenters. The molecule has 6 rings (SSSR count). The molecule has 3 heteroatoms. The maximum Gasteiger partial charge on any atom is 0.207 e. The van der Waals surface area contributed by atoms with Crippen LogP contribution < -0.4 is 0 Å². The largest absolute Gasteiger partial charge is 0.344 e. The molecule has 0 aromatic heterocycles. The van der Waals surface area contributed by atoms with E-state index in [4.69, 9.17) is 14.5 Å². The van der Waals surface area contributed by atoms with Gasteiger partial charge in [0.15, 0.2) is 0 Å². The van der Waals surface area contributed by atoms with E-state index in [0.29, 0.717) is 18.4 Å². The molecule has 4 aliphatic carbocycles. The van der Waals surface area contributed by atoms with E-state index in [0.717, 1.165) is 17.4 Å². The topological polar surface area (TPSA) is 27.7 Å². The van der Waals surface area contributed by atoms with Crippen LogP contribution >= 0.6 is 0 Å². The Labute approximate surface area is 125 Å². The average Bonchev–Trinajstić information content (AvgIpc) is 2.53. The molecule has 1 spiro atoms. The fraction of sp³-hybridized carbons (Fsp3) is 0.667. The lowest BCUT2D eigenvalue weighted by atomic mass is 9.53. The first-order chi connectivity index (χ1) is 10.3. The standard InChI is InChI=1S/C18H22O3/c1-2-4-14(5-3-1)17-11-19-18(21-20-17)15-7-12-6-13(9-15)10-16(18)8-12/h1-5,12-13,15-17H,6-11H2/t12?,13?,15?,16?,17-,18?/m1/s1. The molecule has 0 radical (unpaired) electrons. The van der Waals surface area contributed by atoms with E-state index in [1.807, 2.05) is 18.2 Å². The molecular weight excluding hydrogens is 264 g/mol. The van der Waals surface area contributed by atoms with E-state index in [1.165, 1.54) is 32.1 Å². The van der Waals surface area contributed by atoms with Crippen molar-refractivity contribution in [2.24, 2.45) is 23.7 Å². The molecule has 1 heterocycles. The molecule has 4 saturated carbocycles. The molecule has 1 aliphatic heterocycles. The third kappa shape index (κ3) is 1.84. The summed E-state index contributed by atoms with van der Waals surface area (Å²) in [5.41, 5.74) is 1.14. The quantitative estimate of drug-likeness (QED) is 0.734. The minimum atomic E-state index is -0.432. The number of hydrogen-bond donors (Lipinski definition) is 0. The zero-order chi connectivity index (χ0) is 13.9. The fourth-order valence-corrected chi connectivity index (χ4v) is 5.42. The molecule has 0 N–H and O–H groups in total. The van der Waals surface area contributed by atoms with Gasteiger partial charge in [0, 0.05) is 11.8 Å². The summed E-state index contributed by atoms with van der Waals surface area (Å²) in [6, 6.07) is 10.2. The molecule has 1 aromatic carbocycles. The van der Waals surface area contributed by atoms with Crippen molar-refractivity contribution >= 4 is 0 Å². The van der Waals surface area contributed by atoms with Gasteiger partial charge in [-0.3, -0.25) is 0 Å². The predicted molar refractivity (Wildman–Crippen MR) is 77.1 cm³/mol. The second kappa shape index (κ2) is 4.55. The van der Waals surface area contributed by atoms with Crippen molar-refractivity contribution in [1.82, 2.24) is 0 Å². The maximum atomic E-state index is 6.36. The number of rotatable bonds is 1. The summed E-state index contributed by atoms with van der Waals surface area (Å²) >= 11 is 0. The molecule has 0 amide bonds. The highest BCUT2D eigenvalue weighted by atomic mass is 17.2. The Morgan fingerprint density at radius 2 is 1.52 bits per heavy atom. The molecular formula is C18H22O3. The van der Waals surface area contributed by atoms with Crippen LogP contribution in [0.2, 0.25) is 0 Å². The summed E-state index contributed by atoms with van der Waals surface area (Å²) in [6.45, 7) is 0.617. The second-order valence-corrected chi connectivity index (χ2v) is 7.42. The van der Waals surface area contributed by atoms with Crippen LogP contribution in [0.15, 0.2) is 30.3 Å². The SMILES string of the molecule is c1ccc([C@H]2COC3(OO2)C2CC4CC(C2)CC3C4)cc1. The lowest BCUT2D eigenvalue weighted by molar-refractivity contribution is -0.527. The Bertz CT molecular complexity index is 489. The minimum Gasteiger partial charge on any atom is -0.344 e. The van der Waals surface area contributed by atoms with E-state index in [-0.39, 0.29) is 6.10 Å². The summed E-state index contributed by atoms with van der Waals surface area (Å²) in [6.07, 6.45) is 6.43. The molecule has 5 aliphatic rings. The van der Waals surface area contributed by atoms with Gasteiger partial charge in [0.05, 0.1) is 6.61 Å². The van der Waals surface area contributed by atoms with Gasteiger partial charge in [-0.05, 0) is 49.5 Å². The van der Waals surface area contributed by atoms with Crippen molar-refractivity contribution in [1.29, 1.82) is 0 Å². The Balaban J connectivity index is 1.36. The minimum absolute atomic E-state index is 0.0889. The van der Waals surface area contributed by atoms with Crippen LogP contribution in [0.25, 0.3) is 0 Å². The number of hydrogen-bond acceptors (Lipinski definition) is 3. The van der Waals surface area contributed by atoms with Crippen LogP contribution in [0.4, 0.5) is 0 Å². The zero-order valence-electron chi connectivity index (χ0n) is 12.2. The van der Waals surface area contributed by atoms with Crippen LogP contribution in [0, 0.1) is 23.7 Å². The van der Waals surface area contributed by atoms with Gasteiger partial charge in [0.1, 0.15) is 6.10 Å². The van der Waals surface area contributed by atoms with Crippen molar-refractivity contribution in [3.63, 3.8) is 0 Å². The third-order valence-corrected chi connectivity index (χ3v) is 6.20. The highest BCUT2D eigenvalue weighted by molar-refractivity contribution is 5.18. The van der Waals surface area contributed by atoms with E-state index in [1.54, 1.807) is 0 Å². The molecule has 4 bridgehead atoms. The summed E-state index contributed by atoms with van der Waals surface area (Å²) in [5, 5.41) is 0. The Kier molecular flexibility index (Phi) is 2.73. The average molecular weight is 286 g/mol. The monoisotopic (exact) mass is 286 g/mol. The summed E-state index contributed by atoms with van der Waals surface area (Å²) in [4.78, 5) is 11.8. The smallest absolute Gasteiger partial charge is 0.207 e. The van der Waals surface area contributed by atoms with Crippen molar-refractivity contribution in [2.75, 3.05) is 6.61 Å². The van der Waals surface area contributed by atoms with Gasteiger partial charge in [-0.25, -0.2) is 4.89 Å². The molecule has 1 atom stereocenters. The van der Waals surface area contributed by atoms with Gasteiger partial charge >= 0.3 is 0 Å².